The van der Waals surface area contributed by atoms with Crippen LogP contribution in [0, 0.1) is 0 Å². The molecule has 0 aliphatic heterocycles. The Morgan fingerprint density at radius 3 is 2.21 bits per heavy atom. The van der Waals surface area contributed by atoms with Gasteiger partial charge in [0.1, 0.15) is 6.61 Å². The number of esters is 1. The van der Waals surface area contributed by atoms with Gasteiger partial charge in [-0.3, -0.25) is 4.79 Å². The summed E-state index contributed by atoms with van der Waals surface area (Å²) in [4.78, 5) is 11.2. The maximum atomic E-state index is 11.2. The number of ether oxygens (including phenoxy) is 1. The van der Waals surface area contributed by atoms with Gasteiger partial charge in [-0.15, -0.1) is 5.16 Å². The van der Waals surface area contributed by atoms with Crippen LogP contribution in [0.1, 0.15) is 64.2 Å². The lowest BCUT2D eigenvalue weighted by Crippen LogP contribution is -2.03. The normalized spacial score (nSPS) is 10.7. The second-order valence-electron chi connectivity index (χ2n) is 4.64. The Labute approximate surface area is 116 Å². The fourth-order valence-electron chi connectivity index (χ4n) is 1.85. The highest BCUT2D eigenvalue weighted by atomic mass is 16.5. The molecule has 0 heterocycles. The van der Waals surface area contributed by atoms with Crippen molar-refractivity contribution in [2.45, 2.75) is 64.2 Å². The molecule has 0 atom stereocenters. The van der Waals surface area contributed by atoms with Crippen LogP contribution in [0.15, 0.2) is 17.8 Å². The van der Waals surface area contributed by atoms with Gasteiger partial charge in [0.15, 0.2) is 0 Å². The van der Waals surface area contributed by atoms with E-state index in [0.29, 0.717) is 13.0 Å². The molecular formula is C15H27NO3. The van der Waals surface area contributed by atoms with Crippen molar-refractivity contribution in [2.75, 3.05) is 6.61 Å². The highest BCUT2D eigenvalue weighted by Gasteiger charge is 2.00. The minimum absolute atomic E-state index is 0.120. The molecule has 0 unspecified atom stereocenters. The highest BCUT2D eigenvalue weighted by molar-refractivity contribution is 5.69. The molecule has 0 aliphatic carbocycles. The molecule has 0 fully saturated rings. The first-order valence-corrected chi connectivity index (χ1v) is 7.23. The fourth-order valence-corrected chi connectivity index (χ4v) is 1.85. The summed E-state index contributed by atoms with van der Waals surface area (Å²) in [5.74, 6) is -0.120. The molecule has 110 valence electrons. The zero-order valence-electron chi connectivity index (χ0n) is 11.9. The van der Waals surface area contributed by atoms with E-state index in [1.807, 2.05) is 0 Å². The third-order valence-corrected chi connectivity index (χ3v) is 2.91. The van der Waals surface area contributed by atoms with Gasteiger partial charge in [0.2, 0.25) is 0 Å². The molecule has 4 nitrogen and oxygen atoms in total. The summed E-state index contributed by atoms with van der Waals surface area (Å²) in [7, 11) is 0. The van der Waals surface area contributed by atoms with Crippen molar-refractivity contribution in [3.05, 3.63) is 12.7 Å². The zero-order valence-corrected chi connectivity index (χ0v) is 11.9. The summed E-state index contributed by atoms with van der Waals surface area (Å²) in [6, 6.07) is 0. The van der Waals surface area contributed by atoms with Gasteiger partial charge < -0.3 is 9.94 Å². The lowest BCUT2D eigenvalue weighted by molar-refractivity contribution is -0.142. The predicted molar refractivity (Wildman–Crippen MR) is 77.6 cm³/mol. The summed E-state index contributed by atoms with van der Waals surface area (Å²) in [6.07, 6.45) is 13.7. The van der Waals surface area contributed by atoms with Gasteiger partial charge in [-0.1, -0.05) is 51.2 Å². The smallest absolute Gasteiger partial charge is 0.306 e. The van der Waals surface area contributed by atoms with E-state index in [4.69, 9.17) is 9.94 Å². The summed E-state index contributed by atoms with van der Waals surface area (Å²) < 4.78 is 4.90. The minimum Gasteiger partial charge on any atom is -0.461 e. The third kappa shape index (κ3) is 14.6. The number of hydrogen-bond donors (Lipinski definition) is 1. The van der Waals surface area contributed by atoms with Gasteiger partial charge in [-0.2, -0.15) is 0 Å². The Hall–Kier alpha value is -1.32. The second-order valence-corrected chi connectivity index (χ2v) is 4.64. The Balaban J connectivity index is 3.10. The van der Waals surface area contributed by atoms with E-state index >= 15 is 0 Å². The van der Waals surface area contributed by atoms with E-state index in [1.165, 1.54) is 32.1 Å². The second kappa shape index (κ2) is 14.7. The van der Waals surface area contributed by atoms with Gasteiger partial charge in [0.25, 0.3) is 0 Å². The van der Waals surface area contributed by atoms with Crippen molar-refractivity contribution in [1.82, 2.24) is 0 Å². The van der Waals surface area contributed by atoms with E-state index < -0.39 is 0 Å². The Morgan fingerprint density at radius 2 is 1.63 bits per heavy atom. The number of carbonyl (C=O) groups is 1. The van der Waals surface area contributed by atoms with Crippen LogP contribution in [0.3, 0.4) is 0 Å². The summed E-state index contributed by atoms with van der Waals surface area (Å²) in [5, 5.41) is 11.2. The average molecular weight is 269 g/mol. The first-order valence-electron chi connectivity index (χ1n) is 7.23. The molecule has 1 N–H and O–H groups in total. The monoisotopic (exact) mass is 269 g/mol. The number of oxime groups is 1. The summed E-state index contributed by atoms with van der Waals surface area (Å²) >= 11 is 0. The molecule has 0 aromatic carbocycles. The molecule has 0 aliphatic rings. The first kappa shape index (κ1) is 17.7. The van der Waals surface area contributed by atoms with Crippen LogP contribution in [0.25, 0.3) is 0 Å². The molecule has 0 aromatic heterocycles. The lowest BCUT2D eigenvalue weighted by atomic mass is 10.1. The van der Waals surface area contributed by atoms with Crippen LogP contribution in [0.5, 0.6) is 0 Å². The standard InChI is InChI=1S/C15H27NO3/c1-2-14-19-15(17)12-10-8-6-4-3-5-7-9-11-13-16-18/h2,13,18H,1,3-12,14H2. The molecule has 19 heavy (non-hydrogen) atoms. The Bertz CT molecular complexity index is 252. The number of hydrogen-bond acceptors (Lipinski definition) is 4. The van der Waals surface area contributed by atoms with Crippen molar-refractivity contribution in [2.24, 2.45) is 5.16 Å². The molecule has 0 bridgehead atoms. The molecule has 4 heteroatoms. The van der Waals surface area contributed by atoms with Crippen LogP contribution in [-0.2, 0) is 9.53 Å². The molecule has 0 radical (unpaired) electrons. The highest BCUT2D eigenvalue weighted by Crippen LogP contribution is 2.10. The van der Waals surface area contributed by atoms with E-state index in [2.05, 4.69) is 11.7 Å². The first-order chi connectivity index (χ1) is 9.31. The molecule has 0 aromatic rings. The molecular weight excluding hydrogens is 242 g/mol. The lowest BCUT2D eigenvalue weighted by Gasteiger charge is -2.02. The minimum atomic E-state index is -0.120. The zero-order chi connectivity index (χ0) is 14.2. The summed E-state index contributed by atoms with van der Waals surface area (Å²) in [5.41, 5.74) is 0. The average Bonchev–Trinajstić information content (AvgIpc) is 2.42. The van der Waals surface area contributed by atoms with Crippen molar-refractivity contribution >= 4 is 12.2 Å². The molecule has 0 rings (SSSR count). The van der Waals surface area contributed by atoms with Crippen molar-refractivity contribution in [3.63, 3.8) is 0 Å². The Kier molecular flexibility index (Phi) is 13.7. The van der Waals surface area contributed by atoms with Gasteiger partial charge in [0, 0.05) is 12.6 Å². The molecule has 0 saturated carbocycles. The van der Waals surface area contributed by atoms with Crippen LogP contribution < -0.4 is 0 Å². The number of carbonyl (C=O) groups excluding carboxylic acids is 1. The van der Waals surface area contributed by atoms with Crippen LogP contribution >= 0.6 is 0 Å². The van der Waals surface area contributed by atoms with E-state index in [0.717, 1.165) is 25.7 Å². The maximum Gasteiger partial charge on any atom is 0.306 e. The van der Waals surface area contributed by atoms with E-state index in [9.17, 15) is 4.79 Å². The van der Waals surface area contributed by atoms with Crippen molar-refractivity contribution < 1.29 is 14.7 Å². The van der Waals surface area contributed by atoms with Gasteiger partial charge in [-0.05, 0) is 19.3 Å². The van der Waals surface area contributed by atoms with Gasteiger partial charge in [0.05, 0.1) is 0 Å². The van der Waals surface area contributed by atoms with Crippen LogP contribution in [-0.4, -0.2) is 24.0 Å². The largest absolute Gasteiger partial charge is 0.461 e. The van der Waals surface area contributed by atoms with Gasteiger partial charge >= 0.3 is 5.97 Å². The topological polar surface area (TPSA) is 58.9 Å². The van der Waals surface area contributed by atoms with Crippen LogP contribution in [0.4, 0.5) is 0 Å². The van der Waals surface area contributed by atoms with E-state index in [1.54, 1.807) is 12.3 Å². The van der Waals surface area contributed by atoms with Crippen molar-refractivity contribution in [3.8, 4) is 0 Å². The Morgan fingerprint density at radius 1 is 1.05 bits per heavy atom. The van der Waals surface area contributed by atoms with Crippen molar-refractivity contribution in [1.29, 1.82) is 0 Å². The number of unbranched alkanes of at least 4 members (excludes halogenated alkanes) is 8. The predicted octanol–water partition coefficient (Wildman–Crippen LogP) is 4.08. The SMILES string of the molecule is C=CCOC(=O)CCCCCCCCCCC=NO. The molecule has 0 amide bonds. The van der Waals surface area contributed by atoms with Gasteiger partial charge in [-0.25, -0.2) is 0 Å². The van der Waals surface area contributed by atoms with Crippen LogP contribution in [0.2, 0.25) is 0 Å². The summed E-state index contributed by atoms with van der Waals surface area (Å²) in [6.45, 7) is 3.82. The maximum absolute atomic E-state index is 11.2. The fraction of sp³-hybridized carbons (Fsp3) is 0.733. The van der Waals surface area contributed by atoms with E-state index in [-0.39, 0.29) is 5.97 Å². The number of rotatable bonds is 13. The molecule has 0 spiro atoms. The molecule has 0 saturated heterocycles. The number of nitrogens with zero attached hydrogens (tertiary/aromatic N) is 1. The quantitative estimate of drug-likeness (QED) is 0.137. The third-order valence-electron chi connectivity index (χ3n) is 2.91.